The summed E-state index contributed by atoms with van der Waals surface area (Å²) in [6, 6.07) is 0.662. The van der Waals surface area contributed by atoms with Crippen LogP contribution >= 0.6 is 0 Å². The predicted molar refractivity (Wildman–Crippen MR) is 20.8 cm³/mol. The zero-order valence-corrected chi connectivity index (χ0v) is 3.07. The van der Waals surface area contributed by atoms with Crippen LogP contribution in [0.2, 0.25) is 0 Å². The van der Waals surface area contributed by atoms with Crippen molar-refractivity contribution in [2.24, 2.45) is 5.73 Å². The molecule has 30 valence electrons. The van der Waals surface area contributed by atoms with E-state index >= 15 is 0 Å². The molecule has 1 fully saturated rings. The monoisotopic (exact) mass is 72.1 g/mol. The van der Waals surface area contributed by atoms with Gasteiger partial charge in [0.1, 0.15) is 0 Å². The summed E-state index contributed by atoms with van der Waals surface area (Å²) < 4.78 is 0. The van der Waals surface area contributed by atoms with Crippen LogP contribution in [0.25, 0.3) is 0 Å². The molecular formula is C3H8N2. The molecule has 0 radical (unpaired) electrons. The van der Waals surface area contributed by atoms with Gasteiger partial charge in [0.05, 0.1) is 0 Å². The van der Waals surface area contributed by atoms with Crippen molar-refractivity contribution in [3.63, 3.8) is 0 Å². The van der Waals surface area contributed by atoms with Crippen molar-refractivity contribution in [2.75, 3.05) is 13.1 Å². The van der Waals surface area contributed by atoms with Gasteiger partial charge in [-0.05, 0) is 0 Å². The third-order valence-corrected chi connectivity index (χ3v) is 0.777. The van der Waals surface area contributed by atoms with Gasteiger partial charge in [-0.2, -0.15) is 0 Å². The Morgan fingerprint density at radius 3 is 2.60 bits per heavy atom. The van der Waals surface area contributed by atoms with E-state index in [1.165, 1.54) is 0 Å². The van der Waals surface area contributed by atoms with E-state index in [9.17, 15) is 0 Å². The Morgan fingerprint density at radius 1 is 2.00 bits per heavy atom. The van der Waals surface area contributed by atoms with Crippen LogP contribution in [0.5, 0.6) is 0 Å². The minimum absolute atomic E-state index is 0.662. The standard InChI is InChI=1S/C3H8N2/c4-1-3-2-5-3/h3,5H,1-2,4H2/t3-/m0/s1. The molecule has 0 aromatic heterocycles. The number of hydrogen-bond donors (Lipinski definition) is 2. The summed E-state index contributed by atoms with van der Waals surface area (Å²) in [5.41, 5.74) is 5.17. The highest BCUT2D eigenvalue weighted by molar-refractivity contribution is 4.82. The van der Waals surface area contributed by atoms with Crippen LogP contribution in [0.4, 0.5) is 0 Å². The molecule has 1 saturated heterocycles. The van der Waals surface area contributed by atoms with Crippen molar-refractivity contribution in [1.29, 1.82) is 0 Å². The van der Waals surface area contributed by atoms with Crippen LogP contribution in [0, 0.1) is 0 Å². The smallest absolute Gasteiger partial charge is 0.0316 e. The fourth-order valence-corrected chi connectivity index (χ4v) is 0.250. The van der Waals surface area contributed by atoms with E-state index in [1.54, 1.807) is 0 Å². The Morgan fingerprint density at radius 2 is 2.60 bits per heavy atom. The van der Waals surface area contributed by atoms with Gasteiger partial charge in [0, 0.05) is 19.1 Å². The van der Waals surface area contributed by atoms with Crippen molar-refractivity contribution >= 4 is 0 Å². The number of nitrogens with two attached hydrogens (primary N) is 1. The number of hydrogen-bond acceptors (Lipinski definition) is 2. The molecule has 1 aliphatic heterocycles. The maximum Gasteiger partial charge on any atom is 0.0316 e. The molecule has 0 aromatic rings. The topological polar surface area (TPSA) is 48.0 Å². The third-order valence-electron chi connectivity index (χ3n) is 0.777. The van der Waals surface area contributed by atoms with Crippen molar-refractivity contribution in [2.45, 2.75) is 6.04 Å². The van der Waals surface area contributed by atoms with Crippen molar-refractivity contribution < 1.29 is 0 Å². The molecule has 1 rings (SSSR count). The summed E-state index contributed by atoms with van der Waals surface area (Å²) in [7, 11) is 0. The minimum Gasteiger partial charge on any atom is -0.329 e. The zero-order valence-electron chi connectivity index (χ0n) is 3.07. The maximum absolute atomic E-state index is 5.17. The van der Waals surface area contributed by atoms with Gasteiger partial charge in [0.15, 0.2) is 0 Å². The first-order chi connectivity index (χ1) is 2.43. The molecule has 0 bridgehead atoms. The lowest BCUT2D eigenvalue weighted by atomic mass is 10.5. The van der Waals surface area contributed by atoms with E-state index in [4.69, 9.17) is 5.73 Å². The van der Waals surface area contributed by atoms with Gasteiger partial charge in [-0.25, -0.2) is 0 Å². The van der Waals surface area contributed by atoms with E-state index in [0.717, 1.165) is 13.1 Å². The second kappa shape index (κ2) is 0.954. The molecule has 0 unspecified atom stereocenters. The molecule has 1 aliphatic rings. The first-order valence-electron chi connectivity index (χ1n) is 1.87. The highest BCUT2D eigenvalue weighted by Gasteiger charge is 2.15. The molecule has 0 spiro atoms. The summed E-state index contributed by atoms with van der Waals surface area (Å²) in [4.78, 5) is 0. The van der Waals surface area contributed by atoms with Gasteiger partial charge >= 0.3 is 0 Å². The molecule has 3 N–H and O–H groups in total. The largest absolute Gasteiger partial charge is 0.329 e. The fraction of sp³-hybridized carbons (Fsp3) is 1.00. The van der Waals surface area contributed by atoms with Gasteiger partial charge in [-0.15, -0.1) is 0 Å². The normalized spacial score (nSPS) is 34.2. The lowest BCUT2D eigenvalue weighted by Crippen LogP contribution is -2.08. The predicted octanol–water partition coefficient (Wildman–Crippen LogP) is -1.08. The molecule has 0 aliphatic carbocycles. The van der Waals surface area contributed by atoms with E-state index in [-0.39, 0.29) is 0 Å². The molecule has 1 heterocycles. The first kappa shape index (κ1) is 3.12. The van der Waals surface area contributed by atoms with Crippen LogP contribution in [0.15, 0.2) is 0 Å². The SMILES string of the molecule is NC[C@H]1CN1. The third kappa shape index (κ3) is 0.597. The molecule has 0 aromatic carbocycles. The average molecular weight is 72.1 g/mol. The summed E-state index contributed by atoms with van der Waals surface area (Å²) in [5, 5.41) is 3.06. The van der Waals surface area contributed by atoms with E-state index in [1.807, 2.05) is 0 Å². The number of nitrogens with one attached hydrogen (secondary N) is 1. The van der Waals surface area contributed by atoms with Crippen molar-refractivity contribution in [3.8, 4) is 0 Å². The van der Waals surface area contributed by atoms with E-state index < -0.39 is 0 Å². The Hall–Kier alpha value is -0.0800. The van der Waals surface area contributed by atoms with Crippen LogP contribution in [0.1, 0.15) is 0 Å². The van der Waals surface area contributed by atoms with Gasteiger partial charge in [-0.1, -0.05) is 0 Å². The molecule has 5 heavy (non-hydrogen) atoms. The summed E-state index contributed by atoms with van der Waals surface area (Å²) in [6.45, 7) is 1.94. The van der Waals surface area contributed by atoms with E-state index in [2.05, 4.69) is 5.32 Å². The van der Waals surface area contributed by atoms with E-state index in [0.29, 0.717) is 6.04 Å². The molecule has 1 atom stereocenters. The maximum atomic E-state index is 5.17. The van der Waals surface area contributed by atoms with Crippen LogP contribution < -0.4 is 11.1 Å². The zero-order chi connectivity index (χ0) is 3.70. The van der Waals surface area contributed by atoms with Crippen molar-refractivity contribution in [3.05, 3.63) is 0 Å². The molecule has 2 nitrogen and oxygen atoms in total. The summed E-state index contributed by atoms with van der Waals surface area (Å²) >= 11 is 0. The lowest BCUT2D eigenvalue weighted by molar-refractivity contribution is 0.940. The summed E-state index contributed by atoms with van der Waals surface area (Å²) in [6.07, 6.45) is 0. The molecular weight excluding hydrogens is 64.0 g/mol. The highest BCUT2D eigenvalue weighted by Crippen LogP contribution is 1.88. The average Bonchev–Trinajstić information content (AvgIpc) is 2.12. The molecule has 2 heteroatoms. The molecule has 0 saturated carbocycles. The Balaban J connectivity index is 2.00. The van der Waals surface area contributed by atoms with Gasteiger partial charge < -0.3 is 11.1 Å². The van der Waals surface area contributed by atoms with Gasteiger partial charge in [0.2, 0.25) is 0 Å². The fourth-order valence-electron chi connectivity index (χ4n) is 0.250. The Bertz CT molecular complexity index is 31.9. The van der Waals surface area contributed by atoms with Crippen LogP contribution in [0.3, 0.4) is 0 Å². The van der Waals surface area contributed by atoms with Crippen LogP contribution in [-0.2, 0) is 0 Å². The quantitative estimate of drug-likeness (QED) is 0.387. The second-order valence-corrected chi connectivity index (χ2v) is 1.34. The lowest BCUT2D eigenvalue weighted by Gasteiger charge is -1.73. The minimum atomic E-state index is 0.662. The van der Waals surface area contributed by atoms with Crippen molar-refractivity contribution in [1.82, 2.24) is 5.32 Å². The molecule has 0 amide bonds. The second-order valence-electron chi connectivity index (χ2n) is 1.34. The first-order valence-corrected chi connectivity index (χ1v) is 1.87. The van der Waals surface area contributed by atoms with Gasteiger partial charge in [-0.3, -0.25) is 0 Å². The Labute approximate surface area is 31.4 Å². The highest BCUT2D eigenvalue weighted by atomic mass is 15.1. The van der Waals surface area contributed by atoms with Crippen LogP contribution in [-0.4, -0.2) is 19.1 Å². The van der Waals surface area contributed by atoms with Gasteiger partial charge in [0.25, 0.3) is 0 Å². The Kier molecular flexibility index (Phi) is 0.596. The summed E-state index contributed by atoms with van der Waals surface area (Å²) in [5.74, 6) is 0. The number of rotatable bonds is 1.